The van der Waals surface area contributed by atoms with Crippen molar-refractivity contribution in [3.8, 4) is 0 Å². The molecule has 1 aromatic carbocycles. The third-order valence-corrected chi connectivity index (χ3v) is 6.60. The molecular formula is C16H24N2O2S. The monoisotopic (exact) mass is 308 g/mol. The standard InChI is InChI=1S/C16H24N2O2S/c19-21(20,13-14-5-2-1-3-6-14)18-11-8-15(9-12-18)16-7-4-10-17-16/h1-3,5-6,15-17H,4,7-13H2. The Balaban J connectivity index is 1.58. The molecule has 21 heavy (non-hydrogen) atoms. The number of sulfonamides is 1. The van der Waals surface area contributed by atoms with Gasteiger partial charge in [-0.1, -0.05) is 30.3 Å². The van der Waals surface area contributed by atoms with Gasteiger partial charge in [-0.25, -0.2) is 12.7 Å². The fraction of sp³-hybridized carbons (Fsp3) is 0.625. The fourth-order valence-electron chi connectivity index (χ4n) is 3.55. The molecule has 2 fully saturated rings. The summed E-state index contributed by atoms with van der Waals surface area (Å²) in [6.07, 6.45) is 4.50. The summed E-state index contributed by atoms with van der Waals surface area (Å²) in [7, 11) is -3.17. The Kier molecular flexibility index (Phi) is 4.62. The summed E-state index contributed by atoms with van der Waals surface area (Å²) in [4.78, 5) is 0. The van der Waals surface area contributed by atoms with Crippen molar-refractivity contribution < 1.29 is 8.42 Å². The molecule has 1 unspecified atom stereocenters. The smallest absolute Gasteiger partial charge is 0.218 e. The summed E-state index contributed by atoms with van der Waals surface area (Å²) >= 11 is 0. The molecule has 0 radical (unpaired) electrons. The third-order valence-electron chi connectivity index (χ3n) is 4.75. The van der Waals surface area contributed by atoms with Crippen LogP contribution in [0.5, 0.6) is 0 Å². The van der Waals surface area contributed by atoms with Gasteiger partial charge in [0, 0.05) is 19.1 Å². The summed E-state index contributed by atoms with van der Waals surface area (Å²) < 4.78 is 26.7. The normalized spacial score (nSPS) is 25.2. The average molecular weight is 308 g/mol. The number of nitrogens with zero attached hydrogens (tertiary/aromatic N) is 1. The van der Waals surface area contributed by atoms with Crippen LogP contribution in [0.2, 0.25) is 0 Å². The minimum atomic E-state index is -3.17. The highest BCUT2D eigenvalue weighted by molar-refractivity contribution is 7.88. The molecule has 3 rings (SSSR count). The lowest BCUT2D eigenvalue weighted by Crippen LogP contribution is -2.43. The predicted molar refractivity (Wildman–Crippen MR) is 84.4 cm³/mol. The molecule has 0 aliphatic carbocycles. The zero-order chi connectivity index (χ0) is 14.7. The highest BCUT2D eigenvalue weighted by Crippen LogP contribution is 2.27. The minimum Gasteiger partial charge on any atom is -0.314 e. The van der Waals surface area contributed by atoms with Crippen LogP contribution >= 0.6 is 0 Å². The van der Waals surface area contributed by atoms with Gasteiger partial charge >= 0.3 is 0 Å². The predicted octanol–water partition coefficient (Wildman–Crippen LogP) is 1.98. The summed E-state index contributed by atoms with van der Waals surface area (Å²) in [6.45, 7) is 2.48. The molecule has 0 spiro atoms. The molecule has 1 N–H and O–H groups in total. The molecule has 1 aromatic rings. The van der Waals surface area contributed by atoms with Gasteiger partial charge in [0.2, 0.25) is 10.0 Å². The van der Waals surface area contributed by atoms with Crippen molar-refractivity contribution in [2.75, 3.05) is 19.6 Å². The average Bonchev–Trinajstić information content (AvgIpc) is 3.02. The second kappa shape index (κ2) is 6.46. The van der Waals surface area contributed by atoms with Crippen LogP contribution in [-0.2, 0) is 15.8 Å². The van der Waals surface area contributed by atoms with Gasteiger partial charge in [0.05, 0.1) is 5.75 Å². The van der Waals surface area contributed by atoms with Crippen LogP contribution in [0.25, 0.3) is 0 Å². The van der Waals surface area contributed by atoms with E-state index in [9.17, 15) is 8.42 Å². The maximum atomic E-state index is 12.5. The van der Waals surface area contributed by atoms with Crippen molar-refractivity contribution in [1.82, 2.24) is 9.62 Å². The van der Waals surface area contributed by atoms with Gasteiger partial charge in [-0.3, -0.25) is 0 Å². The molecule has 2 aliphatic heterocycles. The van der Waals surface area contributed by atoms with Crippen LogP contribution in [-0.4, -0.2) is 38.4 Å². The maximum absolute atomic E-state index is 12.5. The van der Waals surface area contributed by atoms with E-state index in [1.165, 1.54) is 12.8 Å². The van der Waals surface area contributed by atoms with Crippen molar-refractivity contribution in [3.63, 3.8) is 0 Å². The third kappa shape index (κ3) is 3.65. The van der Waals surface area contributed by atoms with Gasteiger partial charge < -0.3 is 5.32 Å². The molecule has 0 aromatic heterocycles. The topological polar surface area (TPSA) is 49.4 Å². The van der Waals surface area contributed by atoms with E-state index in [0.29, 0.717) is 25.0 Å². The maximum Gasteiger partial charge on any atom is 0.218 e. The number of piperidine rings is 1. The highest BCUT2D eigenvalue weighted by atomic mass is 32.2. The van der Waals surface area contributed by atoms with Crippen molar-refractivity contribution in [3.05, 3.63) is 35.9 Å². The summed E-state index contributed by atoms with van der Waals surface area (Å²) in [6, 6.07) is 10.1. The molecule has 2 aliphatic rings. The van der Waals surface area contributed by atoms with Crippen LogP contribution in [0.1, 0.15) is 31.2 Å². The summed E-state index contributed by atoms with van der Waals surface area (Å²) in [5, 5.41) is 3.55. The summed E-state index contributed by atoms with van der Waals surface area (Å²) in [5.74, 6) is 0.774. The highest BCUT2D eigenvalue weighted by Gasteiger charge is 2.32. The molecule has 5 heteroatoms. The molecule has 0 bridgehead atoms. The van der Waals surface area contributed by atoms with E-state index in [0.717, 1.165) is 24.9 Å². The molecule has 2 saturated heterocycles. The van der Waals surface area contributed by atoms with E-state index < -0.39 is 10.0 Å². The molecule has 0 saturated carbocycles. The quantitative estimate of drug-likeness (QED) is 0.925. The fourth-order valence-corrected chi connectivity index (χ4v) is 5.11. The van der Waals surface area contributed by atoms with Crippen LogP contribution in [0.15, 0.2) is 30.3 Å². The first-order valence-corrected chi connectivity index (χ1v) is 9.51. The molecule has 0 amide bonds. The van der Waals surface area contributed by atoms with Crippen LogP contribution in [0.4, 0.5) is 0 Å². The van der Waals surface area contributed by atoms with Crippen LogP contribution in [0, 0.1) is 5.92 Å². The van der Waals surface area contributed by atoms with E-state index in [-0.39, 0.29) is 5.75 Å². The Bertz CT molecular complexity index is 545. The molecular weight excluding hydrogens is 284 g/mol. The lowest BCUT2D eigenvalue weighted by molar-refractivity contribution is 0.234. The summed E-state index contributed by atoms with van der Waals surface area (Å²) in [5.41, 5.74) is 0.872. The Hall–Kier alpha value is -0.910. The van der Waals surface area contributed by atoms with Gasteiger partial charge in [0.15, 0.2) is 0 Å². The first-order valence-electron chi connectivity index (χ1n) is 7.90. The largest absolute Gasteiger partial charge is 0.314 e. The van der Waals surface area contributed by atoms with Crippen molar-refractivity contribution in [2.24, 2.45) is 5.92 Å². The SMILES string of the molecule is O=S(=O)(Cc1ccccc1)N1CCC(C2CCCN2)CC1. The van der Waals surface area contributed by atoms with E-state index in [2.05, 4.69) is 5.32 Å². The lowest BCUT2D eigenvalue weighted by Gasteiger charge is -2.34. The van der Waals surface area contributed by atoms with Gasteiger partial charge in [-0.05, 0) is 43.7 Å². The van der Waals surface area contributed by atoms with Crippen molar-refractivity contribution in [1.29, 1.82) is 0 Å². The number of benzene rings is 1. The van der Waals surface area contributed by atoms with Crippen molar-refractivity contribution >= 4 is 10.0 Å². The van der Waals surface area contributed by atoms with Gasteiger partial charge in [0.25, 0.3) is 0 Å². The second-order valence-corrected chi connectivity index (χ2v) is 8.15. The van der Waals surface area contributed by atoms with Gasteiger partial charge in [-0.2, -0.15) is 0 Å². The Morgan fingerprint density at radius 1 is 1.10 bits per heavy atom. The minimum absolute atomic E-state index is 0.125. The number of rotatable bonds is 4. The van der Waals surface area contributed by atoms with E-state index in [1.807, 2.05) is 30.3 Å². The first-order chi connectivity index (χ1) is 10.1. The molecule has 1 atom stereocenters. The number of hydrogen-bond donors (Lipinski definition) is 1. The number of hydrogen-bond acceptors (Lipinski definition) is 3. The number of nitrogens with one attached hydrogen (secondary N) is 1. The lowest BCUT2D eigenvalue weighted by atomic mass is 9.89. The second-order valence-electron chi connectivity index (χ2n) is 6.18. The van der Waals surface area contributed by atoms with Gasteiger partial charge in [0.1, 0.15) is 0 Å². The van der Waals surface area contributed by atoms with Gasteiger partial charge in [-0.15, -0.1) is 0 Å². The van der Waals surface area contributed by atoms with E-state index in [1.54, 1.807) is 4.31 Å². The van der Waals surface area contributed by atoms with E-state index >= 15 is 0 Å². The molecule has 2 heterocycles. The van der Waals surface area contributed by atoms with Crippen LogP contribution < -0.4 is 5.32 Å². The molecule has 4 nitrogen and oxygen atoms in total. The zero-order valence-corrected chi connectivity index (χ0v) is 13.2. The van der Waals surface area contributed by atoms with Crippen molar-refractivity contribution in [2.45, 2.75) is 37.5 Å². The zero-order valence-electron chi connectivity index (χ0n) is 12.4. The van der Waals surface area contributed by atoms with Crippen LogP contribution in [0.3, 0.4) is 0 Å². The first kappa shape index (κ1) is 15.0. The Labute approximate surface area is 127 Å². The van der Waals surface area contributed by atoms with E-state index in [4.69, 9.17) is 0 Å². The Morgan fingerprint density at radius 3 is 2.43 bits per heavy atom. The Morgan fingerprint density at radius 2 is 1.81 bits per heavy atom. The molecule has 116 valence electrons.